The Morgan fingerprint density at radius 1 is 1.12 bits per heavy atom. The molecule has 0 bridgehead atoms. The number of rotatable bonds is 8. The van der Waals surface area contributed by atoms with Crippen molar-refractivity contribution in [1.82, 2.24) is 29.5 Å². The lowest BCUT2D eigenvalue weighted by atomic mass is 10.1. The lowest BCUT2D eigenvalue weighted by Gasteiger charge is -2.34. The number of methoxy groups -OCH3 is 2. The molecule has 1 aliphatic heterocycles. The van der Waals surface area contributed by atoms with Gasteiger partial charge < -0.3 is 14.4 Å². The van der Waals surface area contributed by atoms with Crippen LogP contribution in [-0.4, -0.2) is 89.0 Å². The van der Waals surface area contributed by atoms with Gasteiger partial charge in [0.1, 0.15) is 5.75 Å². The summed E-state index contributed by atoms with van der Waals surface area (Å²) in [7, 11) is 3.36. The summed E-state index contributed by atoms with van der Waals surface area (Å²) in [6.07, 6.45) is 5.52. The molecule has 34 heavy (non-hydrogen) atoms. The van der Waals surface area contributed by atoms with Crippen LogP contribution < -0.4 is 4.74 Å². The Bertz CT molecular complexity index is 1150. The third kappa shape index (κ3) is 4.67. The van der Waals surface area contributed by atoms with Gasteiger partial charge in [0.15, 0.2) is 0 Å². The SMILES string of the molecule is COCCN1CCN(C(=O)c2cnn(-c3nccc(-c4cccc(OC)c4)n3)c2C2CC2)CC1. The molecule has 0 spiro atoms. The fourth-order valence-corrected chi connectivity index (χ4v) is 4.39. The average molecular weight is 463 g/mol. The first kappa shape index (κ1) is 22.5. The van der Waals surface area contributed by atoms with Gasteiger partial charge in [0.2, 0.25) is 0 Å². The van der Waals surface area contributed by atoms with E-state index in [0.29, 0.717) is 37.1 Å². The Balaban J connectivity index is 1.40. The highest BCUT2D eigenvalue weighted by Crippen LogP contribution is 2.42. The van der Waals surface area contributed by atoms with Gasteiger partial charge in [0, 0.05) is 57.5 Å². The number of aromatic nitrogens is 4. The minimum Gasteiger partial charge on any atom is -0.497 e. The van der Waals surface area contributed by atoms with E-state index in [1.54, 1.807) is 31.3 Å². The van der Waals surface area contributed by atoms with E-state index in [-0.39, 0.29) is 5.91 Å². The normalized spacial score (nSPS) is 16.6. The third-order valence-corrected chi connectivity index (χ3v) is 6.47. The van der Waals surface area contributed by atoms with E-state index >= 15 is 0 Å². The highest BCUT2D eigenvalue weighted by atomic mass is 16.5. The molecule has 178 valence electrons. The first-order valence-electron chi connectivity index (χ1n) is 11.7. The van der Waals surface area contributed by atoms with Gasteiger partial charge in [-0.15, -0.1) is 0 Å². The number of carbonyl (C=O) groups is 1. The van der Waals surface area contributed by atoms with E-state index in [1.165, 1.54) is 0 Å². The van der Waals surface area contributed by atoms with Gasteiger partial charge >= 0.3 is 0 Å². The molecule has 9 heteroatoms. The summed E-state index contributed by atoms with van der Waals surface area (Å²) >= 11 is 0. The molecule has 5 rings (SSSR count). The van der Waals surface area contributed by atoms with Crippen LogP contribution in [0.25, 0.3) is 17.2 Å². The van der Waals surface area contributed by atoms with Crippen molar-refractivity contribution in [3.05, 3.63) is 54.0 Å². The average Bonchev–Trinajstić information content (AvgIpc) is 3.64. The van der Waals surface area contributed by atoms with Crippen LogP contribution in [0.2, 0.25) is 0 Å². The smallest absolute Gasteiger partial charge is 0.257 e. The monoisotopic (exact) mass is 462 g/mol. The minimum atomic E-state index is 0.0449. The van der Waals surface area contributed by atoms with Crippen LogP contribution in [0.5, 0.6) is 5.75 Å². The van der Waals surface area contributed by atoms with Gasteiger partial charge in [-0.1, -0.05) is 12.1 Å². The molecule has 2 aromatic heterocycles. The quantitative estimate of drug-likeness (QED) is 0.509. The Hall–Kier alpha value is -3.30. The maximum Gasteiger partial charge on any atom is 0.257 e. The van der Waals surface area contributed by atoms with E-state index < -0.39 is 0 Å². The molecule has 1 aromatic carbocycles. The number of benzene rings is 1. The fraction of sp³-hybridized carbons (Fsp3) is 0.440. The van der Waals surface area contributed by atoms with E-state index in [4.69, 9.17) is 14.5 Å². The molecule has 0 unspecified atom stereocenters. The van der Waals surface area contributed by atoms with Crippen LogP contribution in [0.4, 0.5) is 0 Å². The van der Waals surface area contributed by atoms with Crippen LogP contribution in [0.15, 0.2) is 42.7 Å². The van der Waals surface area contributed by atoms with Crippen LogP contribution in [-0.2, 0) is 4.74 Å². The summed E-state index contributed by atoms with van der Waals surface area (Å²) in [5.41, 5.74) is 3.31. The fourth-order valence-electron chi connectivity index (χ4n) is 4.39. The van der Waals surface area contributed by atoms with Crippen LogP contribution >= 0.6 is 0 Å². The Labute approximate surface area is 199 Å². The first-order valence-corrected chi connectivity index (χ1v) is 11.7. The summed E-state index contributed by atoms with van der Waals surface area (Å²) in [6.45, 7) is 4.73. The Morgan fingerprint density at radius 3 is 2.68 bits per heavy atom. The predicted molar refractivity (Wildman–Crippen MR) is 127 cm³/mol. The Morgan fingerprint density at radius 2 is 1.94 bits per heavy atom. The second-order valence-corrected chi connectivity index (χ2v) is 8.73. The number of carbonyl (C=O) groups excluding carboxylic acids is 1. The largest absolute Gasteiger partial charge is 0.497 e. The summed E-state index contributed by atoms with van der Waals surface area (Å²) in [5.74, 6) is 1.60. The van der Waals surface area contributed by atoms with Gasteiger partial charge in [0.25, 0.3) is 11.9 Å². The molecule has 0 N–H and O–H groups in total. The third-order valence-electron chi connectivity index (χ3n) is 6.47. The summed E-state index contributed by atoms with van der Waals surface area (Å²) in [5, 5.41) is 4.58. The van der Waals surface area contributed by atoms with E-state index in [0.717, 1.165) is 55.2 Å². The maximum atomic E-state index is 13.5. The van der Waals surface area contributed by atoms with Crippen molar-refractivity contribution in [3.8, 4) is 23.0 Å². The van der Waals surface area contributed by atoms with E-state index in [9.17, 15) is 4.79 Å². The second kappa shape index (κ2) is 9.90. The molecular weight excluding hydrogens is 432 g/mol. The lowest BCUT2D eigenvalue weighted by molar-refractivity contribution is 0.0593. The van der Waals surface area contributed by atoms with Crippen molar-refractivity contribution >= 4 is 5.91 Å². The minimum absolute atomic E-state index is 0.0449. The van der Waals surface area contributed by atoms with Crippen LogP contribution in [0.1, 0.15) is 34.8 Å². The van der Waals surface area contributed by atoms with Crippen molar-refractivity contribution in [2.45, 2.75) is 18.8 Å². The second-order valence-electron chi connectivity index (χ2n) is 8.73. The predicted octanol–water partition coefficient (Wildman–Crippen LogP) is 2.62. The molecule has 0 radical (unpaired) electrons. The molecule has 3 aromatic rings. The molecule has 1 aliphatic carbocycles. The van der Waals surface area contributed by atoms with E-state index in [1.807, 2.05) is 35.2 Å². The first-order chi connectivity index (χ1) is 16.7. The molecule has 1 saturated heterocycles. The topological polar surface area (TPSA) is 85.6 Å². The van der Waals surface area contributed by atoms with Gasteiger partial charge in [-0.05, 0) is 31.0 Å². The summed E-state index contributed by atoms with van der Waals surface area (Å²) in [6, 6.07) is 9.64. The van der Waals surface area contributed by atoms with E-state index in [2.05, 4.69) is 15.0 Å². The number of hydrogen-bond donors (Lipinski definition) is 0. The van der Waals surface area contributed by atoms with Crippen LogP contribution in [0, 0.1) is 0 Å². The van der Waals surface area contributed by atoms with Gasteiger partial charge in [-0.3, -0.25) is 9.69 Å². The number of amides is 1. The van der Waals surface area contributed by atoms with Crippen molar-refractivity contribution in [2.75, 3.05) is 53.6 Å². The standard InChI is InChI=1S/C25H30N6O3/c1-33-15-14-29-10-12-30(13-11-29)24(32)21-17-27-31(23(21)18-6-7-18)25-26-9-8-22(28-25)19-4-3-5-20(16-19)34-2/h3-5,8-9,16-18H,6-7,10-15H2,1-2H3. The molecule has 1 amide bonds. The zero-order chi connectivity index (χ0) is 23.5. The zero-order valence-corrected chi connectivity index (χ0v) is 19.7. The van der Waals surface area contributed by atoms with Gasteiger partial charge in [0.05, 0.1) is 36.9 Å². The maximum absolute atomic E-state index is 13.5. The van der Waals surface area contributed by atoms with Crippen LogP contribution in [0.3, 0.4) is 0 Å². The highest BCUT2D eigenvalue weighted by molar-refractivity contribution is 5.95. The number of piperazine rings is 1. The van der Waals surface area contributed by atoms with Gasteiger partial charge in [-0.2, -0.15) is 5.10 Å². The number of ether oxygens (including phenoxy) is 2. The van der Waals surface area contributed by atoms with Crippen molar-refractivity contribution in [1.29, 1.82) is 0 Å². The molecule has 1 saturated carbocycles. The molecule has 2 aliphatic rings. The molecular formula is C25H30N6O3. The number of hydrogen-bond acceptors (Lipinski definition) is 7. The molecule has 9 nitrogen and oxygen atoms in total. The van der Waals surface area contributed by atoms with Crippen molar-refractivity contribution in [3.63, 3.8) is 0 Å². The molecule has 2 fully saturated rings. The summed E-state index contributed by atoms with van der Waals surface area (Å²) < 4.78 is 12.3. The lowest BCUT2D eigenvalue weighted by Crippen LogP contribution is -2.49. The summed E-state index contributed by atoms with van der Waals surface area (Å²) in [4.78, 5) is 27.0. The Kier molecular flexibility index (Phi) is 6.55. The number of nitrogens with zero attached hydrogens (tertiary/aromatic N) is 6. The molecule has 3 heterocycles. The van der Waals surface area contributed by atoms with Crippen molar-refractivity contribution in [2.24, 2.45) is 0 Å². The van der Waals surface area contributed by atoms with Crippen molar-refractivity contribution < 1.29 is 14.3 Å². The van der Waals surface area contributed by atoms with Gasteiger partial charge in [-0.25, -0.2) is 14.6 Å². The molecule has 0 atom stereocenters. The zero-order valence-electron chi connectivity index (χ0n) is 19.7. The highest BCUT2D eigenvalue weighted by Gasteiger charge is 2.35.